The number of halogens is 1. The lowest BCUT2D eigenvalue weighted by atomic mass is 9.63. The summed E-state index contributed by atoms with van der Waals surface area (Å²) < 4.78 is 0. The second-order valence-electron chi connectivity index (χ2n) is 8.71. The van der Waals surface area contributed by atoms with Crippen LogP contribution in [-0.4, -0.2) is 15.9 Å². The molecule has 1 N–H and O–H groups in total. The van der Waals surface area contributed by atoms with E-state index >= 15 is 0 Å². The van der Waals surface area contributed by atoms with Gasteiger partial charge in [-0.05, 0) is 42.5 Å². The monoisotopic (exact) mass is 391 g/mol. The second-order valence-corrected chi connectivity index (χ2v) is 9.11. The normalized spacial score (nSPS) is 27.0. The molecule has 1 saturated carbocycles. The summed E-state index contributed by atoms with van der Waals surface area (Å²) in [5.74, 6) is -0.0438. The number of anilines is 1. The van der Waals surface area contributed by atoms with E-state index in [9.17, 15) is 4.79 Å². The first kappa shape index (κ1) is 17.6. The molecule has 1 heterocycles. The highest BCUT2D eigenvalue weighted by Gasteiger charge is 2.73. The topological polar surface area (TPSA) is 54.9 Å². The van der Waals surface area contributed by atoms with Crippen molar-refractivity contribution in [2.75, 3.05) is 5.32 Å². The van der Waals surface area contributed by atoms with Crippen LogP contribution in [0.1, 0.15) is 45.0 Å². The first-order valence-corrected chi connectivity index (χ1v) is 10.0. The molecule has 0 spiro atoms. The molecule has 0 saturated heterocycles. The van der Waals surface area contributed by atoms with E-state index in [4.69, 9.17) is 21.6 Å². The molecule has 3 aromatic rings. The minimum absolute atomic E-state index is 0.0438. The first-order chi connectivity index (χ1) is 13.3. The Labute approximate surface area is 169 Å². The van der Waals surface area contributed by atoms with Gasteiger partial charge in [-0.15, -0.1) is 0 Å². The molecule has 5 heteroatoms. The van der Waals surface area contributed by atoms with Gasteiger partial charge in [-0.1, -0.05) is 56.6 Å². The fourth-order valence-corrected chi connectivity index (χ4v) is 5.52. The summed E-state index contributed by atoms with van der Waals surface area (Å²) in [6.07, 6.45) is 1.67. The zero-order chi connectivity index (χ0) is 19.7. The third kappa shape index (κ3) is 1.94. The molecule has 0 aliphatic heterocycles. The number of carbonyl (C=O) groups excluding carboxylic acids is 1. The Bertz CT molecular complexity index is 1140. The summed E-state index contributed by atoms with van der Waals surface area (Å²) in [6, 6.07) is 15.2. The van der Waals surface area contributed by atoms with Gasteiger partial charge in [0.1, 0.15) is 0 Å². The number of benzene rings is 2. The zero-order valence-electron chi connectivity index (χ0n) is 16.2. The lowest BCUT2D eigenvalue weighted by Crippen LogP contribution is -2.48. The summed E-state index contributed by atoms with van der Waals surface area (Å²) in [5, 5.41) is 3.63. The van der Waals surface area contributed by atoms with Gasteiger partial charge >= 0.3 is 0 Å². The number of para-hydroxylation sites is 3. The molecule has 2 aliphatic rings. The number of rotatable bonds is 2. The molecule has 0 unspecified atom stereocenters. The molecule has 4 nitrogen and oxygen atoms in total. The SMILES string of the molecule is CC1(C)[C@@]2(C)CC[C@]1(C(=O)Nc1ccccc1Cl)c1nc3ccccc3nc12. The van der Waals surface area contributed by atoms with Crippen LogP contribution in [0, 0.1) is 5.41 Å². The van der Waals surface area contributed by atoms with E-state index in [-0.39, 0.29) is 16.7 Å². The van der Waals surface area contributed by atoms with E-state index in [0.29, 0.717) is 10.7 Å². The van der Waals surface area contributed by atoms with Crippen LogP contribution in [0.2, 0.25) is 5.02 Å². The van der Waals surface area contributed by atoms with Crippen molar-refractivity contribution in [1.82, 2.24) is 9.97 Å². The highest BCUT2D eigenvalue weighted by Crippen LogP contribution is 2.70. The first-order valence-electron chi connectivity index (χ1n) is 9.65. The summed E-state index contributed by atoms with van der Waals surface area (Å²) in [4.78, 5) is 23.7. The maximum Gasteiger partial charge on any atom is 0.237 e. The number of carbonyl (C=O) groups is 1. The maximum atomic E-state index is 13.8. The van der Waals surface area contributed by atoms with E-state index in [2.05, 4.69) is 26.1 Å². The van der Waals surface area contributed by atoms with Crippen LogP contribution in [0.5, 0.6) is 0 Å². The lowest BCUT2D eigenvalue weighted by molar-refractivity contribution is -0.125. The van der Waals surface area contributed by atoms with Gasteiger partial charge in [-0.2, -0.15) is 0 Å². The van der Waals surface area contributed by atoms with Gasteiger partial charge in [-0.3, -0.25) is 4.79 Å². The smallest absolute Gasteiger partial charge is 0.237 e. The quantitative estimate of drug-likeness (QED) is 0.649. The van der Waals surface area contributed by atoms with Gasteiger partial charge in [0.05, 0.1) is 38.5 Å². The molecule has 5 rings (SSSR count). The highest BCUT2D eigenvalue weighted by molar-refractivity contribution is 6.33. The molecule has 0 radical (unpaired) electrons. The van der Waals surface area contributed by atoms with Crippen LogP contribution >= 0.6 is 11.6 Å². The average molecular weight is 392 g/mol. The Morgan fingerprint density at radius 3 is 2.21 bits per heavy atom. The van der Waals surface area contributed by atoms with Crippen molar-refractivity contribution in [3.8, 4) is 0 Å². The average Bonchev–Trinajstić information content (AvgIpc) is 2.98. The molecule has 28 heavy (non-hydrogen) atoms. The predicted octanol–water partition coefficient (Wildman–Crippen LogP) is 5.25. The van der Waals surface area contributed by atoms with Crippen LogP contribution in [-0.2, 0) is 15.6 Å². The summed E-state index contributed by atoms with van der Waals surface area (Å²) in [6.45, 7) is 6.59. The van der Waals surface area contributed by atoms with Crippen molar-refractivity contribution < 1.29 is 4.79 Å². The van der Waals surface area contributed by atoms with Crippen molar-refractivity contribution in [1.29, 1.82) is 0 Å². The maximum absolute atomic E-state index is 13.8. The molecule has 1 aromatic heterocycles. The Balaban J connectivity index is 1.72. The van der Waals surface area contributed by atoms with Gasteiger partial charge in [-0.25, -0.2) is 9.97 Å². The third-order valence-electron chi connectivity index (χ3n) is 7.45. The van der Waals surface area contributed by atoms with E-state index in [1.54, 1.807) is 6.07 Å². The summed E-state index contributed by atoms with van der Waals surface area (Å²) in [7, 11) is 0. The summed E-state index contributed by atoms with van der Waals surface area (Å²) in [5.41, 5.74) is 2.90. The molecular weight excluding hydrogens is 370 g/mol. The molecule has 2 aliphatic carbocycles. The van der Waals surface area contributed by atoms with Crippen molar-refractivity contribution in [2.45, 2.75) is 44.4 Å². The largest absolute Gasteiger partial charge is 0.324 e. The van der Waals surface area contributed by atoms with E-state index in [1.165, 1.54) is 0 Å². The number of nitrogens with zero attached hydrogens (tertiary/aromatic N) is 2. The number of aromatic nitrogens is 2. The van der Waals surface area contributed by atoms with Gasteiger partial charge in [0.15, 0.2) is 0 Å². The number of amides is 1. The highest BCUT2D eigenvalue weighted by atomic mass is 35.5. The number of fused-ring (bicyclic) bond motifs is 6. The van der Waals surface area contributed by atoms with Crippen LogP contribution in [0.3, 0.4) is 0 Å². The van der Waals surface area contributed by atoms with Crippen LogP contribution < -0.4 is 5.32 Å². The molecule has 142 valence electrons. The standard InChI is InChI=1S/C23H22ClN3O/c1-21(2)22(3)12-13-23(21,20(28)27-15-9-5-4-8-14(15)24)19-18(22)25-16-10-6-7-11-17(16)26-19/h4-11H,12-13H2,1-3H3,(H,27,28)/t22-,23+/m0/s1. The van der Waals surface area contributed by atoms with Gasteiger partial charge in [0.25, 0.3) is 0 Å². The number of nitrogens with one attached hydrogen (secondary N) is 1. The Hall–Kier alpha value is -2.46. The molecular formula is C23H22ClN3O. The molecule has 1 fully saturated rings. The summed E-state index contributed by atoms with van der Waals surface area (Å²) >= 11 is 6.31. The minimum Gasteiger partial charge on any atom is -0.324 e. The van der Waals surface area contributed by atoms with Crippen molar-refractivity contribution in [2.24, 2.45) is 5.41 Å². The van der Waals surface area contributed by atoms with Crippen LogP contribution in [0.25, 0.3) is 11.0 Å². The van der Waals surface area contributed by atoms with E-state index < -0.39 is 5.41 Å². The van der Waals surface area contributed by atoms with E-state index in [0.717, 1.165) is 35.3 Å². The number of hydrogen-bond acceptors (Lipinski definition) is 3. The third-order valence-corrected chi connectivity index (χ3v) is 7.78. The van der Waals surface area contributed by atoms with Crippen LogP contribution in [0.15, 0.2) is 48.5 Å². The fraction of sp³-hybridized carbons (Fsp3) is 0.348. The lowest BCUT2D eigenvalue weighted by Gasteiger charge is -2.39. The predicted molar refractivity (Wildman–Crippen MR) is 112 cm³/mol. The van der Waals surface area contributed by atoms with Gasteiger partial charge in [0.2, 0.25) is 5.91 Å². The van der Waals surface area contributed by atoms with E-state index in [1.807, 2.05) is 42.5 Å². The Morgan fingerprint density at radius 2 is 1.54 bits per heavy atom. The Morgan fingerprint density at radius 1 is 0.929 bits per heavy atom. The van der Waals surface area contributed by atoms with Crippen molar-refractivity contribution in [3.05, 3.63) is 64.9 Å². The Kier molecular flexibility index (Phi) is 3.49. The molecule has 2 bridgehead atoms. The molecule has 2 atom stereocenters. The fourth-order valence-electron chi connectivity index (χ4n) is 5.34. The van der Waals surface area contributed by atoms with Crippen molar-refractivity contribution >= 4 is 34.2 Å². The van der Waals surface area contributed by atoms with Gasteiger partial charge in [0, 0.05) is 5.41 Å². The molecule has 1 amide bonds. The second kappa shape index (κ2) is 5.54. The minimum atomic E-state index is -0.729. The molecule has 2 aromatic carbocycles. The van der Waals surface area contributed by atoms with Gasteiger partial charge < -0.3 is 5.32 Å². The number of hydrogen-bond donors (Lipinski definition) is 1. The van der Waals surface area contributed by atoms with Crippen LogP contribution in [0.4, 0.5) is 5.69 Å². The van der Waals surface area contributed by atoms with Crippen molar-refractivity contribution in [3.63, 3.8) is 0 Å². The zero-order valence-corrected chi connectivity index (χ0v) is 17.0.